The van der Waals surface area contributed by atoms with Crippen LogP contribution in [0.5, 0.6) is 11.5 Å². The maximum atomic E-state index is 15.2. The largest absolute Gasteiger partial charge is 0.494 e. The summed E-state index contributed by atoms with van der Waals surface area (Å²) in [6.07, 6.45) is 4.80. The predicted molar refractivity (Wildman–Crippen MR) is 146 cm³/mol. The van der Waals surface area contributed by atoms with Crippen LogP contribution in [0.2, 0.25) is 0 Å². The number of para-hydroxylation sites is 1. The molecule has 38 heavy (non-hydrogen) atoms. The summed E-state index contributed by atoms with van der Waals surface area (Å²) < 4.78 is 40.6. The highest BCUT2D eigenvalue weighted by molar-refractivity contribution is 6.50. The van der Waals surface area contributed by atoms with E-state index in [2.05, 4.69) is 33.8 Å². The van der Waals surface area contributed by atoms with Gasteiger partial charge in [0.1, 0.15) is 5.71 Å². The average Bonchev–Trinajstić information content (AvgIpc) is 3.73. The van der Waals surface area contributed by atoms with Gasteiger partial charge in [-0.2, -0.15) is 0 Å². The number of amidine groups is 1. The average molecular weight is 522 g/mol. The van der Waals surface area contributed by atoms with Crippen molar-refractivity contribution in [2.75, 3.05) is 31.8 Å². The first-order valence-electron chi connectivity index (χ1n) is 12.0. The molecular formula is C28H29F2N5O3. The number of ether oxygens (including phenoxy) is 2. The van der Waals surface area contributed by atoms with E-state index in [9.17, 15) is 4.79 Å². The van der Waals surface area contributed by atoms with E-state index in [0.29, 0.717) is 46.5 Å². The molecule has 198 valence electrons. The van der Waals surface area contributed by atoms with Crippen LogP contribution in [0.25, 0.3) is 5.70 Å². The summed E-state index contributed by atoms with van der Waals surface area (Å²) in [5.41, 5.74) is 8.33. The number of rotatable bonds is 9. The monoisotopic (exact) mass is 521 g/mol. The first kappa shape index (κ1) is 26.6. The van der Waals surface area contributed by atoms with Gasteiger partial charge in [0.2, 0.25) is 5.91 Å². The third-order valence-electron chi connectivity index (χ3n) is 6.19. The predicted octanol–water partition coefficient (Wildman–Crippen LogP) is 4.64. The molecule has 0 spiro atoms. The lowest BCUT2D eigenvalue weighted by atomic mass is 9.99. The third kappa shape index (κ3) is 5.59. The molecule has 4 N–H and O–H groups in total. The van der Waals surface area contributed by atoms with E-state index in [1.165, 1.54) is 20.3 Å². The van der Waals surface area contributed by atoms with Crippen molar-refractivity contribution in [1.82, 2.24) is 5.32 Å². The second-order valence-corrected chi connectivity index (χ2v) is 8.86. The van der Waals surface area contributed by atoms with Crippen molar-refractivity contribution >= 4 is 34.5 Å². The number of carbonyl (C=O) groups excluding carboxylic acids is 1. The normalized spacial score (nSPS) is 17.2. The fourth-order valence-electron chi connectivity index (χ4n) is 3.89. The summed E-state index contributed by atoms with van der Waals surface area (Å²) in [7, 11) is 2.58. The van der Waals surface area contributed by atoms with Crippen LogP contribution in [0.15, 0.2) is 65.1 Å². The highest BCUT2D eigenvalue weighted by Gasteiger charge is 2.29. The molecule has 8 nitrogen and oxygen atoms in total. The van der Waals surface area contributed by atoms with Crippen LogP contribution < -0.4 is 25.8 Å². The lowest BCUT2D eigenvalue weighted by molar-refractivity contribution is -0.111. The molecule has 0 bridgehead atoms. The van der Waals surface area contributed by atoms with Gasteiger partial charge in [0, 0.05) is 12.6 Å². The van der Waals surface area contributed by atoms with E-state index in [1.807, 2.05) is 0 Å². The van der Waals surface area contributed by atoms with E-state index >= 15 is 8.78 Å². The molecule has 1 aliphatic carbocycles. The van der Waals surface area contributed by atoms with E-state index < -0.39 is 11.6 Å². The first-order valence-corrected chi connectivity index (χ1v) is 12.0. The standard InChI is InChI=1S/C28H29F2N5O3/c1-5-22(36)34-18-8-6-7-17(26(18)31)14-32-27-15(2)11-19(35-28(27)33-13-16-9-10-16)23-24(29)20(37-3)12-21(38-4)25(23)30/h5-8,11-12,16H,1-2,9-10,13-14,31H2,3-4H3,(H,33,35)(H,34,36). The molecule has 1 saturated carbocycles. The Labute approximate surface area is 219 Å². The Morgan fingerprint density at radius 3 is 2.50 bits per heavy atom. The summed E-state index contributed by atoms with van der Waals surface area (Å²) in [5.74, 6) is -1.68. The number of hydrogen-bond acceptors (Lipinski definition) is 6. The van der Waals surface area contributed by atoms with Crippen LogP contribution in [0.1, 0.15) is 24.0 Å². The summed E-state index contributed by atoms with van der Waals surface area (Å²) in [4.78, 5) is 21.1. The van der Waals surface area contributed by atoms with Crippen LogP contribution in [-0.2, 0) is 11.3 Å². The molecular weight excluding hydrogens is 492 g/mol. The Hall–Kier alpha value is -4.47. The number of hydrogen-bond donors (Lipinski definition) is 3. The second-order valence-electron chi connectivity index (χ2n) is 8.86. The highest BCUT2D eigenvalue weighted by Crippen LogP contribution is 2.36. The SMILES string of the molecule is C=CC(=O)Nc1cccc(CN=C2C(=C)C=C(c3c(F)c(OC)cc(OC)c3F)NC2=NCC2CC2)c1N. The van der Waals surface area contributed by atoms with Gasteiger partial charge in [0.25, 0.3) is 0 Å². The summed E-state index contributed by atoms with van der Waals surface area (Å²) in [5, 5.41) is 5.71. The zero-order valence-electron chi connectivity index (χ0n) is 21.2. The minimum absolute atomic E-state index is 0.115. The number of nitrogens with zero attached hydrogens (tertiary/aromatic N) is 2. The molecule has 2 aliphatic rings. The van der Waals surface area contributed by atoms with Crippen molar-refractivity contribution in [3.8, 4) is 11.5 Å². The molecule has 1 fully saturated rings. The molecule has 4 rings (SSSR count). The van der Waals surface area contributed by atoms with Crippen molar-refractivity contribution in [3.63, 3.8) is 0 Å². The Morgan fingerprint density at radius 1 is 1.21 bits per heavy atom. The summed E-state index contributed by atoms with van der Waals surface area (Å²) >= 11 is 0. The second kappa shape index (κ2) is 11.3. The van der Waals surface area contributed by atoms with Gasteiger partial charge < -0.3 is 25.8 Å². The summed E-state index contributed by atoms with van der Waals surface area (Å²) in [6, 6.07) is 6.37. The minimum Gasteiger partial charge on any atom is -0.494 e. The van der Waals surface area contributed by atoms with Gasteiger partial charge in [0.15, 0.2) is 29.0 Å². The fraction of sp³-hybridized carbons (Fsp3) is 0.250. The van der Waals surface area contributed by atoms with Gasteiger partial charge >= 0.3 is 0 Å². The number of allylic oxidation sites excluding steroid dienone is 1. The van der Waals surface area contributed by atoms with Gasteiger partial charge in [-0.3, -0.25) is 14.8 Å². The van der Waals surface area contributed by atoms with Crippen molar-refractivity contribution in [2.24, 2.45) is 15.9 Å². The van der Waals surface area contributed by atoms with Gasteiger partial charge in [-0.25, -0.2) is 8.78 Å². The lowest BCUT2D eigenvalue weighted by Gasteiger charge is -2.23. The van der Waals surface area contributed by atoms with Crippen molar-refractivity contribution < 1.29 is 23.0 Å². The van der Waals surface area contributed by atoms with E-state index in [4.69, 9.17) is 15.2 Å². The number of methoxy groups -OCH3 is 2. The Kier molecular flexibility index (Phi) is 7.90. The molecule has 0 aromatic heterocycles. The molecule has 0 saturated heterocycles. The van der Waals surface area contributed by atoms with E-state index in [0.717, 1.165) is 25.0 Å². The molecule has 2 aromatic carbocycles. The van der Waals surface area contributed by atoms with Gasteiger partial charge in [0.05, 0.1) is 43.4 Å². The number of aliphatic imine (C=N–C) groups is 2. The number of benzene rings is 2. The molecule has 1 heterocycles. The van der Waals surface area contributed by atoms with Crippen LogP contribution in [0.3, 0.4) is 0 Å². The smallest absolute Gasteiger partial charge is 0.247 e. The summed E-state index contributed by atoms with van der Waals surface area (Å²) in [6.45, 7) is 8.22. The van der Waals surface area contributed by atoms with Gasteiger partial charge in [-0.15, -0.1) is 0 Å². The molecule has 2 aromatic rings. The van der Waals surface area contributed by atoms with Gasteiger partial charge in [-0.1, -0.05) is 25.3 Å². The quantitative estimate of drug-likeness (QED) is 0.329. The van der Waals surface area contributed by atoms with Crippen molar-refractivity contribution in [3.05, 3.63) is 77.9 Å². The molecule has 0 unspecified atom stereocenters. The number of nitrogen functional groups attached to an aromatic ring is 1. The molecule has 1 amide bonds. The number of nitrogens with two attached hydrogens (primary N) is 1. The maximum absolute atomic E-state index is 15.2. The lowest BCUT2D eigenvalue weighted by Crippen LogP contribution is -2.36. The molecule has 0 atom stereocenters. The van der Waals surface area contributed by atoms with Crippen molar-refractivity contribution in [1.29, 1.82) is 0 Å². The number of halogens is 2. The Bertz CT molecular complexity index is 1370. The topological polar surface area (TPSA) is 110 Å². The van der Waals surface area contributed by atoms with Crippen LogP contribution in [0.4, 0.5) is 20.2 Å². The third-order valence-corrected chi connectivity index (χ3v) is 6.19. The zero-order valence-corrected chi connectivity index (χ0v) is 21.2. The zero-order chi connectivity index (χ0) is 27.4. The van der Waals surface area contributed by atoms with Crippen LogP contribution >= 0.6 is 0 Å². The molecule has 10 heteroatoms. The number of anilines is 2. The van der Waals surface area contributed by atoms with E-state index in [1.54, 1.807) is 18.2 Å². The number of amides is 1. The maximum Gasteiger partial charge on any atom is 0.247 e. The van der Waals surface area contributed by atoms with Crippen LogP contribution in [-0.4, -0.2) is 38.2 Å². The molecule has 1 aliphatic heterocycles. The minimum atomic E-state index is -0.884. The number of nitrogens with one attached hydrogen (secondary N) is 2. The number of carbonyl (C=O) groups is 1. The Balaban J connectivity index is 1.72. The Morgan fingerprint density at radius 2 is 1.89 bits per heavy atom. The molecule has 0 radical (unpaired) electrons. The highest BCUT2D eigenvalue weighted by atomic mass is 19.1. The van der Waals surface area contributed by atoms with Crippen molar-refractivity contribution in [2.45, 2.75) is 19.4 Å². The van der Waals surface area contributed by atoms with Crippen LogP contribution in [0, 0.1) is 17.6 Å². The first-order chi connectivity index (χ1) is 18.3. The van der Waals surface area contributed by atoms with Gasteiger partial charge in [-0.05, 0) is 48.1 Å². The van der Waals surface area contributed by atoms with E-state index in [-0.39, 0.29) is 35.2 Å². The fourth-order valence-corrected chi connectivity index (χ4v) is 3.89.